The van der Waals surface area contributed by atoms with E-state index in [0.29, 0.717) is 19.3 Å². The van der Waals surface area contributed by atoms with Crippen LogP contribution in [0.15, 0.2) is 0 Å². The third kappa shape index (κ3) is 3.83. The van der Waals surface area contributed by atoms with Crippen LogP contribution >= 0.6 is 0 Å². The van der Waals surface area contributed by atoms with Gasteiger partial charge in [0.25, 0.3) is 0 Å². The minimum absolute atomic E-state index is 0.0330. The Labute approximate surface area is 105 Å². The second kappa shape index (κ2) is 6.21. The maximum Gasteiger partial charge on any atom is 0.391 e. The quantitative estimate of drug-likeness (QED) is 0.713. The highest BCUT2D eigenvalue weighted by molar-refractivity contribution is 4.92. The highest BCUT2D eigenvalue weighted by atomic mass is 19.4. The highest BCUT2D eigenvalue weighted by Gasteiger charge is 2.43. The molecule has 2 atom stereocenters. The van der Waals surface area contributed by atoms with Gasteiger partial charge in [0.2, 0.25) is 0 Å². The lowest BCUT2D eigenvalue weighted by Crippen LogP contribution is -2.56. The number of aliphatic hydroxyl groups excluding tert-OH is 2. The first-order valence-electron chi connectivity index (χ1n) is 6.43. The van der Waals surface area contributed by atoms with E-state index in [-0.39, 0.29) is 32.1 Å². The number of hydrogen-bond acceptors (Lipinski definition) is 3. The molecule has 1 aliphatic rings. The molecule has 1 aliphatic carbocycles. The molecule has 0 aromatic rings. The second-order valence-corrected chi connectivity index (χ2v) is 5.20. The summed E-state index contributed by atoms with van der Waals surface area (Å²) in [6.07, 6.45) is -2.27. The maximum atomic E-state index is 12.7. The van der Waals surface area contributed by atoms with Gasteiger partial charge in [0.05, 0.1) is 24.7 Å². The lowest BCUT2D eigenvalue weighted by Gasteiger charge is -2.38. The monoisotopic (exact) mass is 269 g/mol. The van der Waals surface area contributed by atoms with Crippen molar-refractivity contribution in [2.45, 2.75) is 56.8 Å². The van der Waals surface area contributed by atoms with E-state index < -0.39 is 17.6 Å². The lowest BCUT2D eigenvalue weighted by atomic mass is 9.83. The van der Waals surface area contributed by atoms with E-state index in [1.165, 1.54) is 0 Å². The van der Waals surface area contributed by atoms with Gasteiger partial charge in [-0.25, -0.2) is 0 Å². The Balaban J connectivity index is 2.62. The van der Waals surface area contributed by atoms with Crippen molar-refractivity contribution in [1.82, 2.24) is 5.32 Å². The summed E-state index contributed by atoms with van der Waals surface area (Å²) in [5.74, 6) is -1.27. The molecule has 0 aliphatic heterocycles. The average molecular weight is 269 g/mol. The number of halogens is 3. The van der Waals surface area contributed by atoms with Crippen LogP contribution in [0, 0.1) is 5.92 Å². The molecule has 0 amide bonds. The van der Waals surface area contributed by atoms with Crippen LogP contribution in [0.3, 0.4) is 0 Å². The number of aliphatic hydroxyl groups is 2. The first-order valence-corrected chi connectivity index (χ1v) is 6.43. The van der Waals surface area contributed by atoms with Gasteiger partial charge < -0.3 is 15.5 Å². The van der Waals surface area contributed by atoms with Gasteiger partial charge in [0.1, 0.15) is 0 Å². The smallest absolute Gasteiger partial charge is 0.391 e. The fourth-order valence-electron chi connectivity index (χ4n) is 2.52. The zero-order chi connectivity index (χ0) is 13.8. The fraction of sp³-hybridized carbons (Fsp3) is 1.00. The summed E-state index contributed by atoms with van der Waals surface area (Å²) < 4.78 is 38.0. The van der Waals surface area contributed by atoms with Crippen LogP contribution in [0.5, 0.6) is 0 Å². The Morgan fingerprint density at radius 3 is 2.22 bits per heavy atom. The molecule has 0 bridgehead atoms. The van der Waals surface area contributed by atoms with Gasteiger partial charge in [-0.1, -0.05) is 13.3 Å². The van der Waals surface area contributed by atoms with E-state index in [1.807, 2.05) is 0 Å². The first kappa shape index (κ1) is 15.7. The molecule has 1 saturated carbocycles. The molecule has 3 nitrogen and oxygen atoms in total. The third-order valence-electron chi connectivity index (χ3n) is 3.93. The summed E-state index contributed by atoms with van der Waals surface area (Å²) in [7, 11) is 0. The SMILES string of the molecule is CCC(CO)(CO)NC1CCCC(C(F)(F)F)C1. The molecule has 0 heterocycles. The molecule has 0 aromatic carbocycles. The summed E-state index contributed by atoms with van der Waals surface area (Å²) >= 11 is 0. The summed E-state index contributed by atoms with van der Waals surface area (Å²) in [5.41, 5.74) is -0.863. The number of alkyl halides is 3. The average Bonchev–Trinajstić information content (AvgIpc) is 2.35. The molecule has 2 unspecified atom stereocenters. The fourth-order valence-corrected chi connectivity index (χ4v) is 2.52. The summed E-state index contributed by atoms with van der Waals surface area (Å²) in [5, 5.41) is 21.6. The minimum Gasteiger partial charge on any atom is -0.394 e. The molecule has 6 heteroatoms. The van der Waals surface area contributed by atoms with Crippen molar-refractivity contribution in [2.75, 3.05) is 13.2 Å². The minimum atomic E-state index is -4.15. The van der Waals surface area contributed by atoms with E-state index in [4.69, 9.17) is 0 Å². The Hall–Kier alpha value is -0.330. The van der Waals surface area contributed by atoms with Crippen LogP contribution in [0.2, 0.25) is 0 Å². The predicted octanol–water partition coefficient (Wildman–Crippen LogP) is 1.83. The summed E-state index contributed by atoms with van der Waals surface area (Å²) in [4.78, 5) is 0. The molecule has 108 valence electrons. The van der Waals surface area contributed by atoms with Gasteiger partial charge >= 0.3 is 6.18 Å². The van der Waals surface area contributed by atoms with Gasteiger partial charge in [-0.15, -0.1) is 0 Å². The molecule has 0 radical (unpaired) electrons. The van der Waals surface area contributed by atoms with Gasteiger partial charge in [0.15, 0.2) is 0 Å². The zero-order valence-corrected chi connectivity index (χ0v) is 10.6. The van der Waals surface area contributed by atoms with E-state index in [1.54, 1.807) is 6.92 Å². The van der Waals surface area contributed by atoms with Crippen LogP contribution in [0.1, 0.15) is 39.0 Å². The number of rotatable bonds is 5. The van der Waals surface area contributed by atoms with Crippen molar-refractivity contribution in [3.8, 4) is 0 Å². The van der Waals surface area contributed by atoms with Crippen LogP contribution in [0.4, 0.5) is 13.2 Å². The Bertz CT molecular complexity index is 246. The largest absolute Gasteiger partial charge is 0.394 e. The topological polar surface area (TPSA) is 52.5 Å². The van der Waals surface area contributed by atoms with Crippen LogP contribution in [-0.4, -0.2) is 41.2 Å². The highest BCUT2D eigenvalue weighted by Crippen LogP contribution is 2.38. The van der Waals surface area contributed by atoms with E-state index >= 15 is 0 Å². The van der Waals surface area contributed by atoms with Gasteiger partial charge in [-0.3, -0.25) is 0 Å². The van der Waals surface area contributed by atoms with E-state index in [2.05, 4.69) is 5.32 Å². The second-order valence-electron chi connectivity index (χ2n) is 5.20. The van der Waals surface area contributed by atoms with Crippen molar-refractivity contribution < 1.29 is 23.4 Å². The molecule has 1 fully saturated rings. The first-order chi connectivity index (χ1) is 8.37. The Kier molecular flexibility index (Phi) is 5.43. The Morgan fingerprint density at radius 1 is 1.17 bits per heavy atom. The number of hydrogen-bond donors (Lipinski definition) is 3. The van der Waals surface area contributed by atoms with Crippen molar-refractivity contribution in [3.05, 3.63) is 0 Å². The van der Waals surface area contributed by atoms with Crippen LogP contribution < -0.4 is 5.32 Å². The van der Waals surface area contributed by atoms with E-state index in [0.717, 1.165) is 0 Å². The molecule has 0 aromatic heterocycles. The number of nitrogens with one attached hydrogen (secondary N) is 1. The van der Waals surface area contributed by atoms with Gasteiger partial charge in [0, 0.05) is 6.04 Å². The lowest BCUT2D eigenvalue weighted by molar-refractivity contribution is -0.184. The van der Waals surface area contributed by atoms with Crippen molar-refractivity contribution >= 4 is 0 Å². The predicted molar refractivity (Wildman–Crippen MR) is 62.1 cm³/mol. The normalized spacial score (nSPS) is 26.3. The maximum absolute atomic E-state index is 12.7. The van der Waals surface area contributed by atoms with Crippen molar-refractivity contribution in [3.63, 3.8) is 0 Å². The van der Waals surface area contributed by atoms with Crippen LogP contribution in [-0.2, 0) is 0 Å². The summed E-state index contributed by atoms with van der Waals surface area (Å²) in [6, 6.07) is -0.287. The molecule has 0 saturated heterocycles. The van der Waals surface area contributed by atoms with Crippen molar-refractivity contribution in [2.24, 2.45) is 5.92 Å². The van der Waals surface area contributed by atoms with Crippen LogP contribution in [0.25, 0.3) is 0 Å². The molecular formula is C12H22F3NO2. The van der Waals surface area contributed by atoms with Gasteiger partial charge in [-0.05, 0) is 25.7 Å². The van der Waals surface area contributed by atoms with E-state index in [9.17, 15) is 23.4 Å². The molecule has 18 heavy (non-hydrogen) atoms. The third-order valence-corrected chi connectivity index (χ3v) is 3.93. The Morgan fingerprint density at radius 2 is 1.78 bits per heavy atom. The standard InChI is InChI=1S/C12H22F3NO2/c1-2-11(7-17,8-18)16-10-5-3-4-9(6-10)12(13,14)15/h9-10,16-18H,2-8H2,1H3. The zero-order valence-electron chi connectivity index (χ0n) is 10.6. The van der Waals surface area contributed by atoms with Gasteiger partial charge in [-0.2, -0.15) is 13.2 Å². The molecular weight excluding hydrogens is 247 g/mol. The van der Waals surface area contributed by atoms with Crippen molar-refractivity contribution in [1.29, 1.82) is 0 Å². The summed E-state index contributed by atoms with van der Waals surface area (Å²) in [6.45, 7) is 1.25. The molecule has 3 N–H and O–H groups in total. The molecule has 1 rings (SSSR count). The molecule has 0 spiro atoms.